The molecule has 0 radical (unpaired) electrons. The summed E-state index contributed by atoms with van der Waals surface area (Å²) < 4.78 is 0.686. The Morgan fingerprint density at radius 3 is 2.86 bits per heavy atom. The molecule has 1 aliphatic heterocycles. The van der Waals surface area contributed by atoms with Crippen LogP contribution in [-0.4, -0.2) is 23.4 Å². The first-order chi connectivity index (χ1) is 6.65. The maximum absolute atomic E-state index is 11.2. The maximum Gasteiger partial charge on any atom is 0.324 e. The Morgan fingerprint density at radius 1 is 1.57 bits per heavy atom. The van der Waals surface area contributed by atoms with E-state index in [0.29, 0.717) is 10.9 Å². The van der Waals surface area contributed by atoms with Crippen molar-refractivity contribution in [3.63, 3.8) is 0 Å². The lowest BCUT2D eigenvalue weighted by molar-refractivity contribution is -0.118. The highest BCUT2D eigenvalue weighted by molar-refractivity contribution is 7.14. The third kappa shape index (κ3) is 1.88. The van der Waals surface area contributed by atoms with Crippen LogP contribution in [0.4, 0.5) is 4.79 Å². The quantitative estimate of drug-likeness (QED) is 0.782. The number of imide groups is 1. The number of nitrogens with one attached hydrogen (secondary N) is 1. The van der Waals surface area contributed by atoms with E-state index in [1.165, 1.54) is 16.2 Å². The molecule has 0 aromatic carbocycles. The van der Waals surface area contributed by atoms with Gasteiger partial charge in [-0.15, -0.1) is 11.3 Å². The van der Waals surface area contributed by atoms with Crippen molar-refractivity contribution >= 4 is 34.9 Å². The summed E-state index contributed by atoms with van der Waals surface area (Å²) in [5, 5.41) is 4.09. The number of halogens is 1. The van der Waals surface area contributed by atoms with Crippen LogP contribution in [0.15, 0.2) is 11.4 Å². The third-order valence-corrected chi connectivity index (χ3v) is 3.00. The van der Waals surface area contributed by atoms with Crippen molar-refractivity contribution in [3.05, 3.63) is 21.3 Å². The molecule has 1 aromatic heterocycles. The molecule has 1 fully saturated rings. The van der Waals surface area contributed by atoms with Gasteiger partial charge in [0.05, 0.1) is 4.34 Å². The van der Waals surface area contributed by atoms with Gasteiger partial charge in [0.15, 0.2) is 0 Å². The minimum absolute atomic E-state index is 0.131. The van der Waals surface area contributed by atoms with Crippen LogP contribution >= 0.6 is 22.9 Å². The molecular formula is C8H7ClN2O2S. The Morgan fingerprint density at radius 2 is 2.36 bits per heavy atom. The predicted molar refractivity (Wildman–Crippen MR) is 53.3 cm³/mol. The van der Waals surface area contributed by atoms with E-state index in [1.807, 2.05) is 5.38 Å². The zero-order valence-electron chi connectivity index (χ0n) is 7.12. The van der Waals surface area contributed by atoms with E-state index in [-0.39, 0.29) is 18.5 Å². The van der Waals surface area contributed by atoms with Gasteiger partial charge in [0, 0.05) is 6.54 Å². The van der Waals surface area contributed by atoms with Gasteiger partial charge in [-0.2, -0.15) is 0 Å². The van der Waals surface area contributed by atoms with E-state index in [4.69, 9.17) is 11.6 Å². The zero-order valence-corrected chi connectivity index (χ0v) is 8.69. The van der Waals surface area contributed by atoms with Gasteiger partial charge in [-0.1, -0.05) is 11.6 Å². The Balaban J connectivity index is 2.05. The summed E-state index contributed by atoms with van der Waals surface area (Å²) in [7, 11) is 0. The van der Waals surface area contributed by atoms with Crippen LogP contribution in [0.5, 0.6) is 0 Å². The summed E-state index contributed by atoms with van der Waals surface area (Å²) >= 11 is 7.16. The third-order valence-electron chi connectivity index (χ3n) is 1.86. The average molecular weight is 231 g/mol. The first kappa shape index (κ1) is 9.48. The van der Waals surface area contributed by atoms with Gasteiger partial charge in [0.1, 0.15) is 6.54 Å². The van der Waals surface area contributed by atoms with Crippen LogP contribution in [0.1, 0.15) is 5.56 Å². The summed E-state index contributed by atoms with van der Waals surface area (Å²) in [5.74, 6) is -0.253. The van der Waals surface area contributed by atoms with Crippen LogP contribution in [-0.2, 0) is 11.3 Å². The Labute approximate surface area is 89.5 Å². The minimum Gasteiger partial charge on any atom is -0.311 e. The van der Waals surface area contributed by atoms with E-state index in [0.717, 1.165) is 5.56 Å². The van der Waals surface area contributed by atoms with Crippen LogP contribution < -0.4 is 5.32 Å². The van der Waals surface area contributed by atoms with E-state index < -0.39 is 0 Å². The topological polar surface area (TPSA) is 49.4 Å². The van der Waals surface area contributed by atoms with Crippen LogP contribution in [0, 0.1) is 0 Å². The second-order valence-electron chi connectivity index (χ2n) is 2.97. The number of carbonyl (C=O) groups excluding carboxylic acids is 2. The number of hydrogen-bond acceptors (Lipinski definition) is 3. The normalized spacial score (nSPS) is 16.2. The minimum atomic E-state index is -0.336. The number of carbonyl (C=O) groups is 2. The highest BCUT2D eigenvalue weighted by Gasteiger charge is 2.26. The smallest absolute Gasteiger partial charge is 0.311 e. The number of urea groups is 1. The number of hydrogen-bond donors (Lipinski definition) is 1. The van der Waals surface area contributed by atoms with Gasteiger partial charge in [0.25, 0.3) is 0 Å². The number of amides is 3. The molecule has 1 aliphatic rings. The van der Waals surface area contributed by atoms with Crippen LogP contribution in [0.2, 0.25) is 4.34 Å². The molecule has 6 heteroatoms. The van der Waals surface area contributed by atoms with E-state index >= 15 is 0 Å². The van der Waals surface area contributed by atoms with Gasteiger partial charge in [-0.25, -0.2) is 4.79 Å². The Bertz CT molecular complexity index is 390. The second-order valence-corrected chi connectivity index (χ2v) is 4.51. The van der Waals surface area contributed by atoms with E-state index in [2.05, 4.69) is 5.32 Å². The lowest BCUT2D eigenvalue weighted by atomic mass is 10.3. The van der Waals surface area contributed by atoms with Crippen LogP contribution in [0.3, 0.4) is 0 Å². The molecular weight excluding hydrogens is 224 g/mol. The summed E-state index contributed by atoms with van der Waals surface area (Å²) in [4.78, 5) is 23.5. The zero-order chi connectivity index (χ0) is 10.1. The molecule has 74 valence electrons. The number of thiophene rings is 1. The molecule has 0 spiro atoms. The van der Waals surface area contributed by atoms with Crippen molar-refractivity contribution in [2.75, 3.05) is 6.54 Å². The molecule has 0 unspecified atom stereocenters. The molecule has 1 aromatic rings. The Kier molecular flexibility index (Phi) is 2.43. The molecule has 14 heavy (non-hydrogen) atoms. The van der Waals surface area contributed by atoms with Gasteiger partial charge in [0.2, 0.25) is 5.91 Å². The summed E-state index contributed by atoms with van der Waals surface area (Å²) in [5.41, 5.74) is 0.949. The van der Waals surface area contributed by atoms with Crippen molar-refractivity contribution in [3.8, 4) is 0 Å². The van der Waals surface area contributed by atoms with Crippen molar-refractivity contribution in [2.24, 2.45) is 0 Å². The molecule has 2 heterocycles. The molecule has 1 N–H and O–H groups in total. The SMILES string of the molecule is O=C1CN(Cc2csc(Cl)c2)C(=O)N1. The highest BCUT2D eigenvalue weighted by Crippen LogP contribution is 2.21. The van der Waals surface area contributed by atoms with Gasteiger partial charge >= 0.3 is 6.03 Å². The van der Waals surface area contributed by atoms with Crippen molar-refractivity contribution in [1.82, 2.24) is 10.2 Å². The maximum atomic E-state index is 11.2. The van der Waals surface area contributed by atoms with Crippen molar-refractivity contribution < 1.29 is 9.59 Å². The number of nitrogens with zero attached hydrogens (tertiary/aromatic N) is 1. The summed E-state index contributed by atoms with van der Waals surface area (Å²) in [6.45, 7) is 0.563. The van der Waals surface area contributed by atoms with E-state index in [1.54, 1.807) is 6.07 Å². The summed E-state index contributed by atoms with van der Waals surface area (Å²) in [6.07, 6.45) is 0. The molecule has 0 bridgehead atoms. The molecule has 0 saturated carbocycles. The first-order valence-electron chi connectivity index (χ1n) is 3.97. The van der Waals surface area contributed by atoms with Crippen LogP contribution in [0.25, 0.3) is 0 Å². The molecule has 4 nitrogen and oxygen atoms in total. The largest absolute Gasteiger partial charge is 0.324 e. The monoisotopic (exact) mass is 230 g/mol. The predicted octanol–water partition coefficient (Wildman–Crippen LogP) is 1.45. The summed E-state index contributed by atoms with van der Waals surface area (Å²) in [6, 6.07) is 1.46. The molecule has 1 saturated heterocycles. The fraction of sp³-hybridized carbons (Fsp3) is 0.250. The van der Waals surface area contributed by atoms with Gasteiger partial charge in [-0.3, -0.25) is 10.1 Å². The first-order valence-corrected chi connectivity index (χ1v) is 5.22. The van der Waals surface area contributed by atoms with Crippen molar-refractivity contribution in [2.45, 2.75) is 6.54 Å². The van der Waals surface area contributed by atoms with Crippen molar-refractivity contribution in [1.29, 1.82) is 0 Å². The van der Waals surface area contributed by atoms with Gasteiger partial charge in [-0.05, 0) is 17.0 Å². The second kappa shape index (κ2) is 3.59. The lowest BCUT2D eigenvalue weighted by Crippen LogP contribution is -2.27. The fourth-order valence-corrected chi connectivity index (χ4v) is 2.16. The van der Waals surface area contributed by atoms with Gasteiger partial charge < -0.3 is 4.90 Å². The fourth-order valence-electron chi connectivity index (χ4n) is 1.26. The molecule has 3 amide bonds. The highest BCUT2D eigenvalue weighted by atomic mass is 35.5. The van der Waals surface area contributed by atoms with E-state index in [9.17, 15) is 9.59 Å². The Hall–Kier alpha value is -1.07. The number of rotatable bonds is 2. The lowest BCUT2D eigenvalue weighted by Gasteiger charge is -2.10. The molecule has 2 rings (SSSR count). The average Bonchev–Trinajstić information content (AvgIpc) is 2.61. The standard InChI is InChI=1S/C8H7ClN2O2S/c9-6-1-5(4-14-6)2-11-3-7(12)10-8(11)13/h1,4H,2-3H2,(H,10,12,13). The molecule has 0 aliphatic carbocycles. The molecule has 0 atom stereocenters.